The Kier molecular flexibility index (Phi) is 2.96. The number of fused-ring (bicyclic) bond motifs is 1. The van der Waals surface area contributed by atoms with E-state index in [-0.39, 0.29) is 11.7 Å². The van der Waals surface area contributed by atoms with E-state index in [1.807, 2.05) is 49.4 Å². The zero-order valence-electron chi connectivity index (χ0n) is 12.3. The summed E-state index contributed by atoms with van der Waals surface area (Å²) >= 11 is 0. The Labute approximate surface area is 128 Å². The minimum absolute atomic E-state index is 0.0952. The molecular formula is C18H16N2O2. The fourth-order valence-electron chi connectivity index (χ4n) is 3.15. The third-order valence-corrected chi connectivity index (χ3v) is 4.21. The second-order valence-electron chi connectivity index (χ2n) is 5.77. The van der Waals surface area contributed by atoms with Crippen LogP contribution in [-0.4, -0.2) is 16.0 Å². The smallest absolute Gasteiger partial charge is 0.167 e. The van der Waals surface area contributed by atoms with Crippen molar-refractivity contribution in [1.29, 1.82) is 0 Å². The number of ketones is 1. The molecule has 0 saturated carbocycles. The van der Waals surface area contributed by atoms with Crippen molar-refractivity contribution in [2.24, 2.45) is 0 Å². The van der Waals surface area contributed by atoms with Gasteiger partial charge in [-0.3, -0.25) is 9.89 Å². The number of aromatic nitrogens is 2. The molecule has 3 aromatic rings. The number of H-pyrrole nitrogens is 1. The number of carbonyl (C=O) groups excluding carboxylic acids is 1. The Morgan fingerprint density at radius 2 is 1.95 bits per heavy atom. The molecule has 22 heavy (non-hydrogen) atoms. The minimum Gasteiger partial charge on any atom is -0.466 e. The summed E-state index contributed by atoms with van der Waals surface area (Å²) in [7, 11) is 0. The number of nitrogens with one attached hydrogen (secondary N) is 1. The number of furan rings is 1. The fourth-order valence-corrected chi connectivity index (χ4v) is 3.15. The lowest BCUT2D eigenvalue weighted by molar-refractivity contribution is 0.0960. The Morgan fingerprint density at radius 1 is 1.14 bits per heavy atom. The molecule has 1 aliphatic carbocycles. The maximum atomic E-state index is 12.6. The summed E-state index contributed by atoms with van der Waals surface area (Å²) in [4.78, 5) is 12.6. The largest absolute Gasteiger partial charge is 0.466 e. The van der Waals surface area contributed by atoms with Gasteiger partial charge in [0.1, 0.15) is 17.2 Å². The molecule has 0 radical (unpaired) electrons. The summed E-state index contributed by atoms with van der Waals surface area (Å²) in [6.45, 7) is 1.92. The predicted molar refractivity (Wildman–Crippen MR) is 82.9 cm³/mol. The van der Waals surface area contributed by atoms with Crippen molar-refractivity contribution in [3.63, 3.8) is 0 Å². The molecule has 2 heterocycles. The molecule has 2 aromatic heterocycles. The topological polar surface area (TPSA) is 58.9 Å². The second-order valence-corrected chi connectivity index (χ2v) is 5.77. The van der Waals surface area contributed by atoms with Crippen LogP contribution in [0.1, 0.15) is 39.9 Å². The van der Waals surface area contributed by atoms with Crippen molar-refractivity contribution in [3.8, 4) is 11.3 Å². The molecule has 0 aliphatic heterocycles. The number of nitrogens with zero attached hydrogens (tertiary/aromatic N) is 1. The van der Waals surface area contributed by atoms with Crippen LogP contribution in [0.15, 0.2) is 46.9 Å². The SMILES string of the molecule is Cc1ccc([C@@H]2CC(=O)c3c(-c4ccccc4)n[nH]c3C2)o1. The first-order valence-electron chi connectivity index (χ1n) is 7.44. The molecule has 4 heteroatoms. The van der Waals surface area contributed by atoms with Gasteiger partial charge in [0, 0.05) is 30.0 Å². The first-order valence-corrected chi connectivity index (χ1v) is 7.44. The molecule has 0 spiro atoms. The number of rotatable bonds is 2. The Balaban J connectivity index is 1.72. The van der Waals surface area contributed by atoms with Crippen LogP contribution in [0.4, 0.5) is 0 Å². The molecule has 1 aliphatic rings. The van der Waals surface area contributed by atoms with Crippen molar-refractivity contribution in [2.75, 3.05) is 0 Å². The minimum atomic E-state index is 0.0952. The lowest BCUT2D eigenvalue weighted by Crippen LogP contribution is -2.18. The number of Topliss-reactive ketones (excluding diaryl/α,β-unsaturated/α-hetero) is 1. The van der Waals surface area contributed by atoms with Crippen LogP contribution in [0.25, 0.3) is 11.3 Å². The van der Waals surface area contributed by atoms with Crippen molar-refractivity contribution in [1.82, 2.24) is 10.2 Å². The highest BCUT2D eigenvalue weighted by Crippen LogP contribution is 2.36. The van der Waals surface area contributed by atoms with E-state index in [0.29, 0.717) is 6.42 Å². The van der Waals surface area contributed by atoms with E-state index in [1.54, 1.807) is 0 Å². The number of aromatic amines is 1. The normalized spacial score (nSPS) is 17.5. The quantitative estimate of drug-likeness (QED) is 0.779. The van der Waals surface area contributed by atoms with E-state index in [2.05, 4.69) is 10.2 Å². The number of carbonyl (C=O) groups is 1. The summed E-state index contributed by atoms with van der Waals surface area (Å²) in [5.74, 6) is 1.99. The summed E-state index contributed by atoms with van der Waals surface area (Å²) in [6.07, 6.45) is 1.23. The van der Waals surface area contributed by atoms with Crippen LogP contribution in [0.5, 0.6) is 0 Å². The predicted octanol–water partition coefficient (Wildman–Crippen LogP) is 3.89. The summed E-state index contributed by atoms with van der Waals surface area (Å²) in [5.41, 5.74) is 3.38. The number of aryl methyl sites for hydroxylation is 1. The molecule has 1 atom stereocenters. The van der Waals surface area contributed by atoms with Gasteiger partial charge >= 0.3 is 0 Å². The van der Waals surface area contributed by atoms with Gasteiger partial charge in [-0.15, -0.1) is 0 Å². The van der Waals surface area contributed by atoms with Crippen LogP contribution >= 0.6 is 0 Å². The molecule has 1 N–H and O–H groups in total. The lowest BCUT2D eigenvalue weighted by atomic mass is 9.83. The highest BCUT2D eigenvalue weighted by Gasteiger charge is 2.32. The lowest BCUT2D eigenvalue weighted by Gasteiger charge is -2.19. The molecule has 4 rings (SSSR count). The third kappa shape index (κ3) is 2.08. The standard InChI is InChI=1S/C18H16N2O2/c1-11-7-8-16(22-11)13-9-14-17(15(21)10-13)18(20-19-14)12-5-3-2-4-6-12/h2-8,13H,9-10H2,1H3,(H,19,20)/t13-/m0/s1. The van der Waals surface area contributed by atoms with E-state index >= 15 is 0 Å². The summed E-state index contributed by atoms with van der Waals surface area (Å²) in [5, 5.41) is 7.42. The van der Waals surface area contributed by atoms with E-state index in [9.17, 15) is 4.79 Å². The van der Waals surface area contributed by atoms with E-state index in [0.717, 1.165) is 40.5 Å². The van der Waals surface area contributed by atoms with E-state index < -0.39 is 0 Å². The highest BCUT2D eigenvalue weighted by atomic mass is 16.3. The molecule has 4 nitrogen and oxygen atoms in total. The van der Waals surface area contributed by atoms with Crippen LogP contribution in [0.3, 0.4) is 0 Å². The van der Waals surface area contributed by atoms with E-state index in [4.69, 9.17) is 4.42 Å². The third-order valence-electron chi connectivity index (χ3n) is 4.21. The average molecular weight is 292 g/mol. The summed E-state index contributed by atoms with van der Waals surface area (Å²) in [6, 6.07) is 13.7. The molecule has 0 fully saturated rings. The number of benzene rings is 1. The van der Waals surface area contributed by atoms with Crippen molar-refractivity contribution >= 4 is 5.78 Å². The maximum Gasteiger partial charge on any atom is 0.167 e. The first-order chi connectivity index (χ1) is 10.7. The van der Waals surface area contributed by atoms with Crippen molar-refractivity contribution in [3.05, 3.63) is 65.2 Å². The van der Waals surface area contributed by atoms with Gasteiger partial charge in [0.05, 0.1) is 5.56 Å². The van der Waals surface area contributed by atoms with Gasteiger partial charge < -0.3 is 4.42 Å². The first kappa shape index (κ1) is 13.1. The molecule has 110 valence electrons. The zero-order chi connectivity index (χ0) is 15.1. The Hall–Kier alpha value is -2.62. The zero-order valence-corrected chi connectivity index (χ0v) is 12.3. The van der Waals surface area contributed by atoms with Gasteiger partial charge in [0.15, 0.2) is 5.78 Å². The van der Waals surface area contributed by atoms with Gasteiger partial charge in [0.25, 0.3) is 0 Å². The van der Waals surface area contributed by atoms with Crippen LogP contribution < -0.4 is 0 Å². The molecule has 0 bridgehead atoms. The molecule has 0 saturated heterocycles. The number of hydrogen-bond acceptors (Lipinski definition) is 3. The molecule has 0 amide bonds. The van der Waals surface area contributed by atoms with Gasteiger partial charge in [-0.2, -0.15) is 5.10 Å². The van der Waals surface area contributed by atoms with Gasteiger partial charge in [0.2, 0.25) is 0 Å². The molecular weight excluding hydrogens is 276 g/mol. The average Bonchev–Trinajstić information content (AvgIpc) is 3.14. The van der Waals surface area contributed by atoms with Gasteiger partial charge in [-0.25, -0.2) is 0 Å². The Bertz CT molecular complexity index is 830. The fraction of sp³-hybridized carbons (Fsp3) is 0.222. The van der Waals surface area contributed by atoms with E-state index in [1.165, 1.54) is 0 Å². The number of hydrogen-bond donors (Lipinski definition) is 1. The Morgan fingerprint density at radius 3 is 2.68 bits per heavy atom. The van der Waals surface area contributed by atoms with Crippen molar-refractivity contribution in [2.45, 2.75) is 25.7 Å². The van der Waals surface area contributed by atoms with Gasteiger partial charge in [-0.1, -0.05) is 30.3 Å². The van der Waals surface area contributed by atoms with Crippen LogP contribution in [0, 0.1) is 6.92 Å². The maximum absolute atomic E-state index is 12.6. The van der Waals surface area contributed by atoms with Crippen LogP contribution in [0.2, 0.25) is 0 Å². The van der Waals surface area contributed by atoms with Gasteiger partial charge in [-0.05, 0) is 19.1 Å². The molecule has 0 unspecified atom stereocenters. The summed E-state index contributed by atoms with van der Waals surface area (Å²) < 4.78 is 5.69. The highest BCUT2D eigenvalue weighted by molar-refractivity contribution is 6.03. The van der Waals surface area contributed by atoms with Crippen LogP contribution in [-0.2, 0) is 6.42 Å². The monoisotopic (exact) mass is 292 g/mol. The second kappa shape index (κ2) is 4.98. The molecule has 1 aromatic carbocycles. The van der Waals surface area contributed by atoms with Crippen molar-refractivity contribution < 1.29 is 9.21 Å².